The smallest absolute Gasteiger partial charge is 0.429 e. The molecule has 0 aromatic heterocycles. The lowest BCUT2D eigenvalue weighted by Gasteiger charge is -2.29. The lowest BCUT2D eigenvalue weighted by atomic mass is 9.91. The number of hydrogen-bond donors (Lipinski definition) is 0. The van der Waals surface area contributed by atoms with Crippen molar-refractivity contribution < 1.29 is 66.9 Å². The van der Waals surface area contributed by atoms with E-state index in [1.807, 2.05) is 6.92 Å². The van der Waals surface area contributed by atoms with Crippen molar-refractivity contribution in [3.8, 4) is 33.8 Å². The summed E-state index contributed by atoms with van der Waals surface area (Å²) in [4.78, 5) is 0. The molecule has 2 atom stereocenters. The van der Waals surface area contributed by atoms with E-state index in [1.54, 1.807) is 0 Å². The molecule has 0 radical (unpaired) electrons. The van der Waals surface area contributed by atoms with Crippen molar-refractivity contribution in [2.75, 3.05) is 6.61 Å². The van der Waals surface area contributed by atoms with Crippen LogP contribution < -0.4 is 9.47 Å². The van der Waals surface area contributed by atoms with Gasteiger partial charge >= 0.3 is 12.5 Å². The van der Waals surface area contributed by atoms with Gasteiger partial charge in [-0.2, -0.15) is 8.78 Å². The summed E-state index contributed by atoms with van der Waals surface area (Å²) in [5.74, 6) is -13.8. The van der Waals surface area contributed by atoms with Gasteiger partial charge in [0.2, 0.25) is 0 Å². The van der Waals surface area contributed by atoms with E-state index in [0.29, 0.717) is 31.1 Å². The van der Waals surface area contributed by atoms with Crippen LogP contribution in [0.25, 0.3) is 22.3 Å². The molecule has 1 fully saturated rings. The summed E-state index contributed by atoms with van der Waals surface area (Å²) < 4.78 is 185. The molecule has 4 aromatic carbocycles. The van der Waals surface area contributed by atoms with Crippen LogP contribution >= 0.6 is 0 Å². The third-order valence-electron chi connectivity index (χ3n) is 7.83. The zero-order valence-electron chi connectivity index (χ0n) is 25.1. The summed E-state index contributed by atoms with van der Waals surface area (Å²) in [6.07, 6.45) is -7.73. The monoisotopic (exact) mass is 708 g/mol. The molecule has 3 nitrogen and oxygen atoms in total. The van der Waals surface area contributed by atoms with E-state index in [0.717, 1.165) is 31.4 Å². The maximum Gasteiger partial charge on any atom is 0.573 e. The molecule has 5 rings (SSSR count). The lowest BCUT2D eigenvalue weighted by molar-refractivity contribution is -0.275. The van der Waals surface area contributed by atoms with Crippen molar-refractivity contribution in [3.05, 3.63) is 106 Å². The molecule has 0 spiro atoms. The van der Waals surface area contributed by atoms with Gasteiger partial charge in [0.1, 0.15) is 46.2 Å². The number of halogens is 12. The average molecular weight is 709 g/mol. The minimum Gasteiger partial charge on any atom is -0.429 e. The minimum absolute atomic E-state index is 0.147. The fraction of sp³-hybridized carbons (Fsp3) is 0.294. The number of alkyl halides is 5. The van der Waals surface area contributed by atoms with Gasteiger partial charge in [0.05, 0.1) is 23.8 Å². The van der Waals surface area contributed by atoms with Crippen LogP contribution in [-0.4, -0.2) is 13.0 Å². The summed E-state index contributed by atoms with van der Waals surface area (Å²) >= 11 is 0. The molecule has 1 saturated heterocycles. The molecular formula is C34H24F12O3. The van der Waals surface area contributed by atoms with E-state index < -0.39 is 98.6 Å². The van der Waals surface area contributed by atoms with E-state index in [4.69, 9.17) is 4.74 Å². The maximum absolute atomic E-state index is 15.1. The van der Waals surface area contributed by atoms with Gasteiger partial charge in [-0.1, -0.05) is 19.4 Å². The first-order chi connectivity index (χ1) is 23.0. The number of hydrogen-bond acceptors (Lipinski definition) is 3. The highest BCUT2D eigenvalue weighted by Gasteiger charge is 2.42. The van der Waals surface area contributed by atoms with Crippen LogP contribution in [0.5, 0.6) is 11.5 Å². The molecule has 1 aliphatic heterocycles. The van der Waals surface area contributed by atoms with Crippen LogP contribution in [0.4, 0.5) is 52.7 Å². The molecule has 1 aliphatic rings. The summed E-state index contributed by atoms with van der Waals surface area (Å²) in [5, 5.41) is 0. The molecule has 0 bridgehead atoms. The Balaban J connectivity index is 1.38. The van der Waals surface area contributed by atoms with Crippen LogP contribution in [0, 0.1) is 46.6 Å². The highest BCUT2D eigenvalue weighted by Crippen LogP contribution is 2.41. The number of ether oxygens (including phenoxy) is 3. The third kappa shape index (κ3) is 7.92. The van der Waals surface area contributed by atoms with Crippen molar-refractivity contribution in [1.82, 2.24) is 0 Å². The molecule has 0 N–H and O–H groups in total. The Kier molecular flexibility index (Phi) is 10.1. The van der Waals surface area contributed by atoms with Gasteiger partial charge in [0.25, 0.3) is 0 Å². The molecule has 15 heteroatoms. The van der Waals surface area contributed by atoms with Crippen molar-refractivity contribution in [3.63, 3.8) is 0 Å². The average Bonchev–Trinajstić information content (AvgIpc) is 2.97. The lowest BCUT2D eigenvalue weighted by Crippen LogP contribution is -2.25. The van der Waals surface area contributed by atoms with Crippen molar-refractivity contribution in [2.45, 2.75) is 51.2 Å². The largest absolute Gasteiger partial charge is 0.573 e. The minimum atomic E-state index is -5.28. The summed E-state index contributed by atoms with van der Waals surface area (Å²) in [7, 11) is 0. The zero-order chi connectivity index (χ0) is 35.8. The van der Waals surface area contributed by atoms with Crippen LogP contribution in [0.3, 0.4) is 0 Å². The Morgan fingerprint density at radius 3 is 1.71 bits per heavy atom. The third-order valence-corrected chi connectivity index (χ3v) is 7.83. The summed E-state index contributed by atoms with van der Waals surface area (Å²) in [6, 6.07) is 3.98. The molecule has 2 unspecified atom stereocenters. The first-order valence-electron chi connectivity index (χ1n) is 14.7. The first-order valence-corrected chi connectivity index (χ1v) is 14.7. The Bertz CT molecular complexity index is 1780. The second kappa shape index (κ2) is 13.8. The van der Waals surface area contributed by atoms with Gasteiger partial charge in [-0.3, -0.25) is 0 Å². The van der Waals surface area contributed by atoms with Gasteiger partial charge < -0.3 is 14.2 Å². The quantitative estimate of drug-likeness (QED) is 0.162. The summed E-state index contributed by atoms with van der Waals surface area (Å²) in [6.45, 7) is 2.41. The van der Waals surface area contributed by atoms with Crippen LogP contribution in [0.15, 0.2) is 54.6 Å². The molecule has 0 aliphatic carbocycles. The molecule has 1 heterocycles. The second-order valence-corrected chi connectivity index (χ2v) is 11.3. The Morgan fingerprint density at radius 1 is 0.653 bits per heavy atom. The van der Waals surface area contributed by atoms with Crippen molar-refractivity contribution in [2.24, 2.45) is 5.92 Å². The van der Waals surface area contributed by atoms with Gasteiger partial charge in [-0.05, 0) is 78.3 Å². The van der Waals surface area contributed by atoms with E-state index in [-0.39, 0.29) is 35.9 Å². The fourth-order valence-corrected chi connectivity index (χ4v) is 5.70. The molecule has 49 heavy (non-hydrogen) atoms. The van der Waals surface area contributed by atoms with Crippen molar-refractivity contribution in [1.29, 1.82) is 0 Å². The maximum atomic E-state index is 15.1. The second-order valence-electron chi connectivity index (χ2n) is 11.3. The molecule has 0 amide bonds. The predicted octanol–water partition coefficient (Wildman–Crippen LogP) is 11.3. The summed E-state index contributed by atoms with van der Waals surface area (Å²) in [5.41, 5.74) is -5.32. The van der Waals surface area contributed by atoms with Gasteiger partial charge in [0, 0.05) is 12.1 Å². The number of rotatable bonds is 9. The van der Waals surface area contributed by atoms with E-state index >= 15 is 26.3 Å². The van der Waals surface area contributed by atoms with E-state index in [2.05, 4.69) is 9.47 Å². The predicted molar refractivity (Wildman–Crippen MR) is 151 cm³/mol. The van der Waals surface area contributed by atoms with Gasteiger partial charge in [0.15, 0.2) is 11.6 Å². The van der Waals surface area contributed by atoms with Gasteiger partial charge in [-0.25, -0.2) is 30.7 Å². The standard InChI is InChI=1S/C34H24F12O3/c1-2-3-16-4-6-28(47-15-16)18-9-22(36)31(23(37)10-18)19-11-26(40)32(27(41)12-19)33(42,43)48-20-13-24(38)30(25(39)14-20)17-5-7-29(21(35)8-17)49-34(44,45)46/h5,7-14,16,28H,2-4,6,15H2,1H3. The normalized spacial score (nSPS) is 16.9. The highest BCUT2D eigenvalue weighted by atomic mass is 19.4. The number of benzene rings is 4. The van der Waals surface area contributed by atoms with Crippen LogP contribution in [-0.2, 0) is 10.8 Å². The molecule has 262 valence electrons. The van der Waals surface area contributed by atoms with Gasteiger partial charge in [-0.15, -0.1) is 13.2 Å². The van der Waals surface area contributed by atoms with E-state index in [1.165, 1.54) is 0 Å². The SMILES string of the molecule is CCCC1CCC(c2cc(F)c(-c3cc(F)c(C(F)(F)Oc4cc(F)c(-c5ccc(OC(F)(F)F)c(F)c5)c(F)c4)c(F)c3)c(F)c2)OC1. The fourth-order valence-electron chi connectivity index (χ4n) is 5.70. The Hall–Kier alpha value is -4.40. The first kappa shape index (κ1) is 35.9. The van der Waals surface area contributed by atoms with Crippen LogP contribution in [0.2, 0.25) is 0 Å². The Morgan fingerprint density at radius 2 is 1.20 bits per heavy atom. The zero-order valence-corrected chi connectivity index (χ0v) is 25.1. The molecule has 0 saturated carbocycles. The highest BCUT2D eigenvalue weighted by molar-refractivity contribution is 5.68. The Labute approximate surface area is 271 Å². The van der Waals surface area contributed by atoms with Crippen LogP contribution in [0.1, 0.15) is 49.8 Å². The topological polar surface area (TPSA) is 27.7 Å². The molecular weight excluding hydrogens is 684 g/mol. The van der Waals surface area contributed by atoms with E-state index in [9.17, 15) is 26.3 Å². The molecule has 4 aromatic rings. The van der Waals surface area contributed by atoms with Crippen molar-refractivity contribution >= 4 is 0 Å².